The fourth-order valence-corrected chi connectivity index (χ4v) is 3.38. The van der Waals surface area contributed by atoms with E-state index < -0.39 is 17.9 Å². The van der Waals surface area contributed by atoms with Gasteiger partial charge in [0.25, 0.3) is 0 Å². The number of benzene rings is 2. The van der Waals surface area contributed by atoms with Gasteiger partial charge in [0.15, 0.2) is 0 Å². The van der Waals surface area contributed by atoms with E-state index in [0.717, 1.165) is 16.9 Å². The third-order valence-electron chi connectivity index (χ3n) is 5.83. The van der Waals surface area contributed by atoms with Crippen LogP contribution in [0.1, 0.15) is 25.0 Å². The zero-order valence-corrected chi connectivity index (χ0v) is 25.4. The van der Waals surface area contributed by atoms with E-state index in [1.165, 1.54) is 14.2 Å². The number of nitrogens with one attached hydrogen (secondary N) is 2. The molecule has 0 heterocycles. The third-order valence-corrected chi connectivity index (χ3v) is 5.83. The second-order valence-electron chi connectivity index (χ2n) is 8.39. The summed E-state index contributed by atoms with van der Waals surface area (Å²) in [5.74, 6) is 0.639. The predicted molar refractivity (Wildman–Crippen MR) is 137 cm³/mol. The first-order valence-electron chi connectivity index (χ1n) is 11.4. The number of alkyl halides is 1. The fourth-order valence-electron chi connectivity index (χ4n) is 3.38. The van der Waals surface area contributed by atoms with E-state index in [2.05, 4.69) is 17.6 Å². The van der Waals surface area contributed by atoms with Crippen molar-refractivity contribution in [3.05, 3.63) is 66.6 Å². The van der Waals surface area contributed by atoms with Crippen molar-refractivity contribution < 1.29 is 65.6 Å². The largest absolute Gasteiger partial charge is 0.525 e. The normalized spacial score (nSPS) is 13.4. The first-order chi connectivity index (χ1) is 17.1. The molecule has 0 spiro atoms. The molecule has 0 aliphatic heterocycles. The van der Waals surface area contributed by atoms with Crippen molar-refractivity contribution in [3.8, 4) is 11.5 Å². The Morgan fingerprint density at radius 2 is 1.14 bits per heavy atom. The maximum Gasteiger partial charge on any atom is 0.326 e. The maximum absolute atomic E-state index is 12.0. The van der Waals surface area contributed by atoms with Crippen LogP contribution >= 0.6 is 0 Å². The molecule has 8 nitrogen and oxygen atoms in total. The maximum atomic E-state index is 12.0. The van der Waals surface area contributed by atoms with Gasteiger partial charge in [-0.2, -0.15) is 0 Å². The quantitative estimate of drug-likeness (QED) is 0.286. The number of esters is 2. The number of hydrogen-bond acceptors (Lipinski definition) is 8. The zero-order valence-electron chi connectivity index (χ0n) is 22.6. The van der Waals surface area contributed by atoms with Crippen LogP contribution < -0.4 is 20.1 Å². The number of carbonyl (C=O) groups excluding carboxylic acids is 2. The molecule has 1 radical (unpaired) electrons. The Hall–Kier alpha value is -2.07. The SMILES string of the molecule is CNC(C)(Cc1ccc(OCF)cc1)C(=O)OC.[CH2-]COc1ccc(CC(C)(NC)C(=O)OC)cc1.[Y]. The van der Waals surface area contributed by atoms with Gasteiger partial charge in [0, 0.05) is 45.6 Å². The van der Waals surface area contributed by atoms with E-state index in [1.54, 1.807) is 45.3 Å². The molecule has 2 unspecified atom stereocenters. The van der Waals surface area contributed by atoms with Gasteiger partial charge in [-0.25, -0.2) is 4.39 Å². The molecule has 0 saturated carbocycles. The summed E-state index contributed by atoms with van der Waals surface area (Å²) >= 11 is 0. The minimum atomic E-state index is -0.851. The van der Waals surface area contributed by atoms with Crippen molar-refractivity contribution in [1.29, 1.82) is 0 Å². The standard InChI is InChI=1S/C14H20NO3.C13H18FNO3.Y/c1-5-18-12-8-6-11(7-9-12)10-14(2,15-3)13(16)17-4;1-13(15-2,12(16)17-3)8-10-4-6-11(7-5-10)18-9-14;/h6-9,15H,1,5,10H2,2-4H3;4-7,15H,8-9H2,1-3H3;/q-1;;. The van der Waals surface area contributed by atoms with E-state index in [1.807, 2.05) is 31.2 Å². The minimum Gasteiger partial charge on any atom is -0.525 e. The molecule has 37 heavy (non-hydrogen) atoms. The molecule has 0 saturated heterocycles. The Kier molecular flexibility index (Phi) is 16.5. The van der Waals surface area contributed by atoms with Crippen molar-refractivity contribution in [2.24, 2.45) is 0 Å². The smallest absolute Gasteiger partial charge is 0.326 e. The summed E-state index contributed by atoms with van der Waals surface area (Å²) in [7, 11) is 6.20. The van der Waals surface area contributed by atoms with Gasteiger partial charge in [0.05, 0.1) is 14.2 Å². The van der Waals surface area contributed by atoms with Crippen molar-refractivity contribution in [3.63, 3.8) is 0 Å². The van der Waals surface area contributed by atoms with Gasteiger partial charge in [-0.3, -0.25) is 9.59 Å². The van der Waals surface area contributed by atoms with Crippen LogP contribution in [0.15, 0.2) is 48.5 Å². The van der Waals surface area contributed by atoms with E-state index >= 15 is 0 Å². The molecule has 0 aromatic heterocycles. The molecule has 2 N–H and O–H groups in total. The molecule has 2 rings (SSSR count). The van der Waals surface area contributed by atoms with Gasteiger partial charge >= 0.3 is 11.9 Å². The Morgan fingerprint density at radius 3 is 1.41 bits per heavy atom. The van der Waals surface area contributed by atoms with E-state index in [9.17, 15) is 14.0 Å². The monoisotopic (exact) mass is 594 g/mol. The summed E-state index contributed by atoms with van der Waals surface area (Å²) in [4.78, 5) is 23.4. The van der Waals surface area contributed by atoms with Gasteiger partial charge in [-0.05, 0) is 69.9 Å². The third kappa shape index (κ3) is 11.1. The molecule has 0 fully saturated rings. The molecule has 0 aliphatic carbocycles. The van der Waals surface area contributed by atoms with E-state index in [-0.39, 0.29) is 44.6 Å². The van der Waals surface area contributed by atoms with Gasteiger partial charge in [-0.15, -0.1) is 0 Å². The summed E-state index contributed by atoms with van der Waals surface area (Å²) in [6.45, 7) is 6.75. The Morgan fingerprint density at radius 1 is 0.784 bits per heavy atom. The minimum absolute atomic E-state index is 0. The molecular weight excluding hydrogens is 556 g/mol. The second kappa shape index (κ2) is 17.4. The molecule has 2 aromatic rings. The summed E-state index contributed by atoms with van der Waals surface area (Å²) in [6, 6.07) is 14.5. The van der Waals surface area contributed by atoms with Crippen LogP contribution in [-0.4, -0.2) is 64.8 Å². The summed E-state index contributed by atoms with van der Waals surface area (Å²) in [5.41, 5.74) is 0.470. The van der Waals surface area contributed by atoms with Crippen molar-refractivity contribution in [2.45, 2.75) is 37.8 Å². The second-order valence-corrected chi connectivity index (χ2v) is 8.39. The number of carbonyl (C=O) groups is 2. The van der Waals surface area contributed by atoms with E-state index in [0.29, 0.717) is 25.2 Å². The van der Waals surface area contributed by atoms with Crippen LogP contribution in [0.2, 0.25) is 0 Å². The summed E-state index contributed by atoms with van der Waals surface area (Å²) in [6.07, 6.45) is 1.03. The number of halogens is 1. The van der Waals surface area contributed by atoms with Gasteiger partial charge in [0.2, 0.25) is 6.86 Å². The number of likely N-dealkylation sites (N-methyl/N-ethyl adjacent to an activating group) is 2. The van der Waals surface area contributed by atoms with Crippen LogP contribution in [0.5, 0.6) is 11.5 Å². The topological polar surface area (TPSA) is 95.1 Å². The molecule has 10 heteroatoms. The molecule has 0 aliphatic rings. The zero-order chi connectivity index (χ0) is 27.2. The number of ether oxygens (including phenoxy) is 4. The number of methoxy groups -OCH3 is 2. The predicted octanol–water partition coefficient (Wildman–Crippen LogP) is 3.28. The number of hydrogen-bond donors (Lipinski definition) is 2. The average Bonchev–Trinajstić information content (AvgIpc) is 2.90. The summed E-state index contributed by atoms with van der Waals surface area (Å²) in [5, 5.41) is 5.95. The fraction of sp³-hybridized carbons (Fsp3) is 0.444. The molecule has 0 amide bonds. The molecular formula is C27H38FN2O6Y-. The molecule has 2 atom stereocenters. The van der Waals surface area contributed by atoms with Crippen molar-refractivity contribution in [1.82, 2.24) is 10.6 Å². The average molecular weight is 595 g/mol. The molecule has 203 valence electrons. The van der Waals surface area contributed by atoms with Crippen LogP contribution in [0, 0.1) is 6.92 Å². The van der Waals surface area contributed by atoms with Crippen LogP contribution in [-0.2, 0) is 64.6 Å². The van der Waals surface area contributed by atoms with Crippen LogP contribution in [0.4, 0.5) is 4.39 Å². The van der Waals surface area contributed by atoms with Gasteiger partial charge < -0.3 is 36.5 Å². The first kappa shape index (κ1) is 34.9. The van der Waals surface area contributed by atoms with Crippen molar-refractivity contribution >= 4 is 11.9 Å². The van der Waals surface area contributed by atoms with E-state index in [4.69, 9.17) is 18.9 Å². The van der Waals surface area contributed by atoms with Crippen molar-refractivity contribution in [2.75, 3.05) is 41.8 Å². The van der Waals surface area contributed by atoms with Gasteiger partial charge in [0.1, 0.15) is 22.6 Å². The Balaban J connectivity index is 0.000000682. The van der Waals surface area contributed by atoms with Crippen LogP contribution in [0.25, 0.3) is 0 Å². The van der Waals surface area contributed by atoms with Gasteiger partial charge in [-0.1, -0.05) is 24.3 Å². The molecule has 2 aromatic carbocycles. The Bertz CT molecular complexity index is 867. The molecule has 0 bridgehead atoms. The van der Waals surface area contributed by atoms with Crippen LogP contribution in [0.3, 0.4) is 0 Å². The summed E-state index contributed by atoms with van der Waals surface area (Å²) < 4.78 is 31.5. The Labute approximate surface area is 244 Å². The first-order valence-corrected chi connectivity index (χ1v) is 11.4. The number of rotatable bonds is 12.